The van der Waals surface area contributed by atoms with Gasteiger partial charge in [0.2, 0.25) is 0 Å². The second-order valence-electron chi connectivity index (χ2n) is 2.63. The Morgan fingerprint density at radius 1 is 1.20 bits per heavy atom. The maximum atomic E-state index is 2.24. The van der Waals surface area contributed by atoms with Crippen molar-refractivity contribution in [3.63, 3.8) is 0 Å². The van der Waals surface area contributed by atoms with Crippen LogP contribution in [0.2, 0.25) is 0 Å². The summed E-state index contributed by atoms with van der Waals surface area (Å²) in [5.41, 5.74) is 3.00. The van der Waals surface area contributed by atoms with E-state index in [2.05, 4.69) is 43.3 Å². The summed E-state index contributed by atoms with van der Waals surface area (Å²) in [5, 5.41) is 0. The number of benzene rings is 1. The van der Waals surface area contributed by atoms with Crippen LogP contribution in [0.1, 0.15) is 24.0 Å². The molecule has 50 valence electrons. The van der Waals surface area contributed by atoms with Gasteiger partial charge in [-0.05, 0) is 18.1 Å². The molecule has 0 saturated carbocycles. The van der Waals surface area contributed by atoms with Crippen molar-refractivity contribution in [1.82, 2.24) is 0 Å². The first-order chi connectivity index (χ1) is 4.93. The number of hydrogen-bond donors (Lipinski definition) is 0. The first kappa shape index (κ1) is 5.72. The van der Waals surface area contributed by atoms with Crippen LogP contribution in [-0.2, 0) is 0 Å². The normalized spacial score (nSPS) is 15.7. The molecule has 0 radical (unpaired) electrons. The molecule has 0 aliphatic heterocycles. The predicted molar refractivity (Wildman–Crippen MR) is 43.1 cm³/mol. The minimum atomic E-state index is 0.653. The van der Waals surface area contributed by atoms with Gasteiger partial charge in [-0.1, -0.05) is 36.4 Å². The van der Waals surface area contributed by atoms with Crippen molar-refractivity contribution >= 4 is 0 Å². The molecule has 0 saturated heterocycles. The quantitative estimate of drug-likeness (QED) is 0.513. The van der Waals surface area contributed by atoms with Crippen molar-refractivity contribution in [1.29, 1.82) is 0 Å². The molecule has 0 spiro atoms. The predicted octanol–water partition coefficient (Wildman–Crippen LogP) is 2.71. The molecule has 0 amide bonds. The van der Waals surface area contributed by atoms with E-state index in [1.807, 2.05) is 0 Å². The molecule has 0 bridgehead atoms. The topological polar surface area (TPSA) is 0 Å². The highest BCUT2D eigenvalue weighted by atomic mass is 14.3. The van der Waals surface area contributed by atoms with Gasteiger partial charge in [0.25, 0.3) is 0 Å². The third-order valence-corrected chi connectivity index (χ3v) is 1.97. The van der Waals surface area contributed by atoms with Gasteiger partial charge in [-0.2, -0.15) is 0 Å². The van der Waals surface area contributed by atoms with E-state index >= 15 is 0 Å². The van der Waals surface area contributed by atoms with Gasteiger partial charge in [0, 0.05) is 5.92 Å². The van der Waals surface area contributed by atoms with Crippen molar-refractivity contribution in [2.24, 2.45) is 0 Å². The van der Waals surface area contributed by atoms with Gasteiger partial charge in [0.1, 0.15) is 0 Å². The summed E-state index contributed by atoms with van der Waals surface area (Å²) in [7, 11) is 0. The highest BCUT2D eigenvalue weighted by molar-refractivity contribution is 5.55. The van der Waals surface area contributed by atoms with E-state index in [4.69, 9.17) is 0 Å². The lowest BCUT2D eigenvalue weighted by Gasteiger charge is -1.76. The van der Waals surface area contributed by atoms with Gasteiger partial charge in [-0.3, -0.25) is 0 Å². The Balaban J connectivity index is 2.29. The first-order valence-corrected chi connectivity index (χ1v) is 3.65. The largest absolute Gasteiger partial charge is 0.0907 e. The average molecular weight is 130 g/mol. The van der Waals surface area contributed by atoms with E-state index in [9.17, 15) is 0 Å². The summed E-state index contributed by atoms with van der Waals surface area (Å²) < 4.78 is 0. The molecule has 0 unspecified atom stereocenters. The molecule has 0 aromatic heterocycles. The van der Waals surface area contributed by atoms with Gasteiger partial charge in [0.05, 0.1) is 0 Å². The summed E-state index contributed by atoms with van der Waals surface area (Å²) in [5.74, 6) is 0.653. The number of hydrogen-bond acceptors (Lipinski definition) is 0. The molecule has 1 aliphatic rings. The monoisotopic (exact) mass is 130 g/mol. The molecule has 0 heteroatoms. The van der Waals surface area contributed by atoms with Crippen LogP contribution in [0, 0.1) is 0 Å². The maximum absolute atomic E-state index is 2.24. The zero-order chi connectivity index (χ0) is 6.97. The number of fused-ring (bicyclic) bond motifs is 1. The van der Waals surface area contributed by atoms with Crippen LogP contribution in [0.5, 0.6) is 0 Å². The Kier molecular flexibility index (Phi) is 1.13. The summed E-state index contributed by atoms with van der Waals surface area (Å²) in [6, 6.07) is 8.59. The molecule has 0 atom stereocenters. The molecule has 1 aromatic carbocycles. The number of rotatable bonds is 1. The second kappa shape index (κ2) is 1.98. The lowest BCUT2D eigenvalue weighted by atomic mass is 10.3. The molecule has 0 fully saturated rings. The summed E-state index contributed by atoms with van der Waals surface area (Å²) >= 11 is 0. The third-order valence-electron chi connectivity index (χ3n) is 1.97. The SMILES string of the molecule is CC=CC1c2ccccc21. The van der Waals surface area contributed by atoms with Crippen LogP contribution in [0.15, 0.2) is 36.4 Å². The summed E-state index contributed by atoms with van der Waals surface area (Å²) in [4.78, 5) is 0. The minimum Gasteiger partial charge on any atom is -0.0907 e. The molecule has 1 aromatic rings. The Bertz CT molecular complexity index is 248. The van der Waals surface area contributed by atoms with E-state index in [-0.39, 0.29) is 0 Å². The first-order valence-electron chi connectivity index (χ1n) is 3.65. The molecule has 2 rings (SSSR count). The molecule has 0 nitrogen and oxygen atoms in total. The molecule has 0 heterocycles. The van der Waals surface area contributed by atoms with Gasteiger partial charge < -0.3 is 0 Å². The number of allylic oxidation sites excluding steroid dienone is 2. The smallest absolute Gasteiger partial charge is 0.0275 e. The van der Waals surface area contributed by atoms with Crippen molar-refractivity contribution in [2.75, 3.05) is 0 Å². The van der Waals surface area contributed by atoms with Crippen molar-refractivity contribution in [2.45, 2.75) is 12.8 Å². The molecule has 0 N–H and O–H groups in total. The average Bonchev–Trinajstić information content (AvgIpc) is 2.66. The fraction of sp³-hybridized carbons (Fsp3) is 0.200. The summed E-state index contributed by atoms with van der Waals surface area (Å²) in [6.07, 6.45) is 4.36. The second-order valence-corrected chi connectivity index (χ2v) is 2.63. The van der Waals surface area contributed by atoms with Gasteiger partial charge in [0.15, 0.2) is 0 Å². The van der Waals surface area contributed by atoms with Crippen molar-refractivity contribution in [3.8, 4) is 0 Å². The Morgan fingerprint density at radius 2 is 1.80 bits per heavy atom. The maximum Gasteiger partial charge on any atom is 0.0275 e. The third kappa shape index (κ3) is 0.688. The minimum absolute atomic E-state index is 0.653. The molecular formula is C10H10. The van der Waals surface area contributed by atoms with Crippen LogP contribution in [0.25, 0.3) is 0 Å². The lowest BCUT2D eigenvalue weighted by molar-refractivity contribution is 1.29. The van der Waals surface area contributed by atoms with Gasteiger partial charge >= 0.3 is 0 Å². The molecule has 10 heavy (non-hydrogen) atoms. The van der Waals surface area contributed by atoms with E-state index < -0.39 is 0 Å². The van der Waals surface area contributed by atoms with E-state index in [1.165, 1.54) is 11.1 Å². The van der Waals surface area contributed by atoms with Crippen LogP contribution in [0.4, 0.5) is 0 Å². The van der Waals surface area contributed by atoms with Crippen LogP contribution >= 0.6 is 0 Å². The van der Waals surface area contributed by atoms with E-state index in [0.29, 0.717) is 5.92 Å². The fourth-order valence-electron chi connectivity index (χ4n) is 1.39. The van der Waals surface area contributed by atoms with Crippen molar-refractivity contribution < 1.29 is 0 Å². The zero-order valence-corrected chi connectivity index (χ0v) is 6.04. The van der Waals surface area contributed by atoms with Gasteiger partial charge in [-0.15, -0.1) is 0 Å². The van der Waals surface area contributed by atoms with Crippen LogP contribution in [-0.4, -0.2) is 0 Å². The Morgan fingerprint density at radius 3 is 2.30 bits per heavy atom. The molecule has 1 aliphatic carbocycles. The highest BCUT2D eigenvalue weighted by Crippen LogP contribution is 2.43. The lowest BCUT2D eigenvalue weighted by Crippen LogP contribution is -1.59. The van der Waals surface area contributed by atoms with E-state index in [0.717, 1.165) is 0 Å². The standard InChI is InChI=1S/C10H10/c1-2-5-8-9-6-3-4-7-10(8)9/h2-8H,1H3. The summed E-state index contributed by atoms with van der Waals surface area (Å²) in [6.45, 7) is 2.07. The van der Waals surface area contributed by atoms with Gasteiger partial charge in [-0.25, -0.2) is 0 Å². The van der Waals surface area contributed by atoms with E-state index in [1.54, 1.807) is 0 Å². The van der Waals surface area contributed by atoms with Crippen LogP contribution < -0.4 is 0 Å². The highest BCUT2D eigenvalue weighted by Gasteiger charge is 2.27. The fourth-order valence-corrected chi connectivity index (χ4v) is 1.39. The Labute approximate surface area is 61.2 Å². The van der Waals surface area contributed by atoms with Crippen LogP contribution in [0.3, 0.4) is 0 Å². The van der Waals surface area contributed by atoms with Crippen molar-refractivity contribution in [3.05, 3.63) is 47.5 Å². The molecular weight excluding hydrogens is 120 g/mol. The Hall–Kier alpha value is -1.04. The zero-order valence-electron chi connectivity index (χ0n) is 6.04.